The van der Waals surface area contributed by atoms with Gasteiger partial charge in [0, 0.05) is 28.8 Å². The summed E-state index contributed by atoms with van der Waals surface area (Å²) >= 11 is 0. The standard InChI is InChI=1S/C31H35NO8/c1-7-39-30(34)25-17(3)32-22-16-21(18-9-12-20(36-4)13-10-18)27(31(35)40-8-2)29(33)28(22)26(25)19-11-14-23(37-5)24(15-19)38-6/h9-15,21,26-27,32H,7-8,16H2,1-6H3/t21-,26-,27+/m0/s1. The van der Waals surface area contributed by atoms with Crippen LogP contribution in [0.2, 0.25) is 0 Å². The van der Waals surface area contributed by atoms with Gasteiger partial charge in [-0.2, -0.15) is 0 Å². The van der Waals surface area contributed by atoms with Crippen molar-refractivity contribution < 1.29 is 38.1 Å². The highest BCUT2D eigenvalue weighted by atomic mass is 16.5. The van der Waals surface area contributed by atoms with E-state index in [2.05, 4.69) is 5.32 Å². The summed E-state index contributed by atoms with van der Waals surface area (Å²) in [6.45, 7) is 5.52. The summed E-state index contributed by atoms with van der Waals surface area (Å²) in [5.41, 5.74) is 3.30. The molecule has 0 saturated carbocycles. The van der Waals surface area contributed by atoms with Crippen LogP contribution in [0.1, 0.15) is 50.2 Å². The molecule has 0 aromatic heterocycles. The maximum Gasteiger partial charge on any atom is 0.336 e. The van der Waals surface area contributed by atoms with Crippen molar-refractivity contribution in [3.63, 3.8) is 0 Å². The van der Waals surface area contributed by atoms with Gasteiger partial charge in [0.15, 0.2) is 17.3 Å². The Labute approximate surface area is 234 Å². The van der Waals surface area contributed by atoms with Gasteiger partial charge in [0.25, 0.3) is 0 Å². The minimum Gasteiger partial charge on any atom is -0.497 e. The Bertz CT molecular complexity index is 1360. The number of hydrogen-bond acceptors (Lipinski definition) is 9. The zero-order chi connectivity index (χ0) is 29.0. The number of ketones is 1. The van der Waals surface area contributed by atoms with E-state index in [0.717, 1.165) is 5.56 Å². The van der Waals surface area contributed by atoms with Crippen molar-refractivity contribution in [1.29, 1.82) is 0 Å². The van der Waals surface area contributed by atoms with Crippen molar-refractivity contribution >= 4 is 17.7 Å². The number of hydrogen-bond donors (Lipinski definition) is 1. The number of rotatable bonds is 9. The summed E-state index contributed by atoms with van der Waals surface area (Å²) in [7, 11) is 4.63. The third-order valence-electron chi connectivity index (χ3n) is 7.34. The first-order valence-electron chi connectivity index (χ1n) is 13.2. The number of dihydropyridines is 1. The molecule has 1 heterocycles. The number of ether oxygens (including phenoxy) is 5. The summed E-state index contributed by atoms with van der Waals surface area (Å²) < 4.78 is 27.0. The van der Waals surface area contributed by atoms with E-state index in [1.54, 1.807) is 58.2 Å². The van der Waals surface area contributed by atoms with E-state index in [0.29, 0.717) is 51.8 Å². The lowest BCUT2D eigenvalue weighted by molar-refractivity contribution is -0.152. The van der Waals surface area contributed by atoms with Gasteiger partial charge >= 0.3 is 11.9 Å². The number of benzene rings is 2. The highest BCUT2D eigenvalue weighted by molar-refractivity contribution is 6.13. The Morgan fingerprint density at radius 1 is 0.875 bits per heavy atom. The van der Waals surface area contributed by atoms with Gasteiger partial charge in [0.1, 0.15) is 11.7 Å². The number of Topliss-reactive ketones (excluding diaryl/α,β-unsaturated/α-hetero) is 1. The number of carbonyl (C=O) groups excluding carboxylic acids is 3. The summed E-state index contributed by atoms with van der Waals surface area (Å²) in [6.07, 6.45) is 0.355. The average Bonchev–Trinajstić information content (AvgIpc) is 2.96. The van der Waals surface area contributed by atoms with Gasteiger partial charge < -0.3 is 29.0 Å². The third kappa shape index (κ3) is 5.28. The highest BCUT2D eigenvalue weighted by Crippen LogP contribution is 2.49. The molecule has 1 aliphatic carbocycles. The number of esters is 2. The summed E-state index contributed by atoms with van der Waals surface area (Å²) in [5, 5.41) is 3.31. The van der Waals surface area contributed by atoms with Crippen LogP contribution in [0.3, 0.4) is 0 Å². The molecule has 9 heteroatoms. The Kier molecular flexibility index (Phi) is 8.82. The van der Waals surface area contributed by atoms with Crippen molar-refractivity contribution in [3.05, 3.63) is 76.1 Å². The van der Waals surface area contributed by atoms with Crippen LogP contribution in [0.25, 0.3) is 0 Å². The van der Waals surface area contributed by atoms with E-state index in [1.807, 2.05) is 12.1 Å². The van der Waals surface area contributed by atoms with Crippen LogP contribution in [-0.2, 0) is 23.9 Å². The highest BCUT2D eigenvalue weighted by Gasteiger charge is 2.49. The normalized spacial score (nSPS) is 20.4. The van der Waals surface area contributed by atoms with Crippen molar-refractivity contribution in [2.24, 2.45) is 5.92 Å². The molecule has 0 spiro atoms. The van der Waals surface area contributed by atoms with Gasteiger partial charge in [-0.25, -0.2) is 4.79 Å². The topological polar surface area (TPSA) is 109 Å². The van der Waals surface area contributed by atoms with Gasteiger partial charge in [-0.05, 0) is 62.6 Å². The summed E-state index contributed by atoms with van der Waals surface area (Å²) in [6, 6.07) is 12.6. The number of nitrogens with one attached hydrogen (secondary N) is 1. The molecule has 9 nitrogen and oxygen atoms in total. The minimum atomic E-state index is -1.10. The maximum atomic E-state index is 14.4. The molecule has 0 bridgehead atoms. The minimum absolute atomic E-state index is 0.133. The second kappa shape index (κ2) is 12.3. The fourth-order valence-electron chi connectivity index (χ4n) is 5.55. The van der Waals surface area contributed by atoms with Crippen LogP contribution in [0.15, 0.2) is 65.0 Å². The molecule has 2 aromatic rings. The van der Waals surface area contributed by atoms with Gasteiger partial charge in [0.2, 0.25) is 0 Å². The van der Waals surface area contributed by atoms with E-state index in [9.17, 15) is 14.4 Å². The first-order chi connectivity index (χ1) is 19.3. The monoisotopic (exact) mass is 549 g/mol. The molecular weight excluding hydrogens is 514 g/mol. The largest absolute Gasteiger partial charge is 0.497 e. The third-order valence-corrected chi connectivity index (χ3v) is 7.34. The second-order valence-electron chi connectivity index (χ2n) is 9.50. The number of methoxy groups -OCH3 is 3. The average molecular weight is 550 g/mol. The zero-order valence-corrected chi connectivity index (χ0v) is 23.7. The molecule has 0 radical (unpaired) electrons. The fraction of sp³-hybridized carbons (Fsp3) is 0.387. The maximum absolute atomic E-state index is 14.4. The molecule has 1 aliphatic heterocycles. The lowest BCUT2D eigenvalue weighted by atomic mass is 9.67. The fourth-order valence-corrected chi connectivity index (χ4v) is 5.55. The molecule has 2 aliphatic rings. The van der Waals surface area contributed by atoms with Crippen LogP contribution in [0.5, 0.6) is 17.2 Å². The van der Waals surface area contributed by atoms with Crippen molar-refractivity contribution in [2.75, 3.05) is 34.5 Å². The van der Waals surface area contributed by atoms with Crippen LogP contribution >= 0.6 is 0 Å². The molecule has 3 atom stereocenters. The number of allylic oxidation sites excluding steroid dienone is 3. The predicted molar refractivity (Wildman–Crippen MR) is 147 cm³/mol. The SMILES string of the molecule is CCOC(=O)C1=C(C)NC2=C(C(=O)[C@H](C(=O)OCC)[C@H](c3ccc(OC)cc3)C2)[C@H]1c1ccc(OC)c(OC)c1. The molecule has 0 amide bonds. The molecule has 4 rings (SSSR count). The van der Waals surface area contributed by atoms with Crippen molar-refractivity contribution in [2.45, 2.75) is 39.0 Å². The van der Waals surface area contributed by atoms with Gasteiger partial charge in [0.05, 0.1) is 40.1 Å². The van der Waals surface area contributed by atoms with Crippen molar-refractivity contribution in [1.82, 2.24) is 5.32 Å². The molecule has 0 saturated heterocycles. The van der Waals surface area contributed by atoms with E-state index in [1.165, 1.54) is 14.2 Å². The molecule has 0 unspecified atom stereocenters. The van der Waals surface area contributed by atoms with E-state index < -0.39 is 35.5 Å². The second-order valence-corrected chi connectivity index (χ2v) is 9.50. The molecule has 0 fully saturated rings. The smallest absolute Gasteiger partial charge is 0.336 e. The first-order valence-corrected chi connectivity index (χ1v) is 13.2. The van der Waals surface area contributed by atoms with E-state index in [-0.39, 0.29) is 13.2 Å². The quantitative estimate of drug-likeness (QED) is 0.359. The molecule has 2 aromatic carbocycles. The number of carbonyl (C=O) groups is 3. The van der Waals surface area contributed by atoms with Crippen LogP contribution < -0.4 is 19.5 Å². The molecule has 1 N–H and O–H groups in total. The van der Waals surface area contributed by atoms with Crippen LogP contribution in [-0.4, -0.2) is 52.3 Å². The van der Waals surface area contributed by atoms with E-state index >= 15 is 0 Å². The first kappa shape index (κ1) is 28.7. The lowest BCUT2D eigenvalue weighted by Crippen LogP contribution is -2.43. The molecular formula is C31H35NO8. The molecule has 212 valence electrons. The molecule has 40 heavy (non-hydrogen) atoms. The van der Waals surface area contributed by atoms with Gasteiger partial charge in [-0.3, -0.25) is 9.59 Å². The predicted octanol–water partition coefficient (Wildman–Crippen LogP) is 4.43. The summed E-state index contributed by atoms with van der Waals surface area (Å²) in [5.74, 6) is -2.30. The summed E-state index contributed by atoms with van der Waals surface area (Å²) in [4.78, 5) is 41.1. The zero-order valence-electron chi connectivity index (χ0n) is 23.7. The van der Waals surface area contributed by atoms with Gasteiger partial charge in [-0.1, -0.05) is 18.2 Å². The lowest BCUT2D eigenvalue weighted by Gasteiger charge is -2.39. The van der Waals surface area contributed by atoms with E-state index in [4.69, 9.17) is 23.7 Å². The Morgan fingerprint density at radius 3 is 2.12 bits per heavy atom. The van der Waals surface area contributed by atoms with Crippen LogP contribution in [0, 0.1) is 5.92 Å². The van der Waals surface area contributed by atoms with Crippen molar-refractivity contribution in [3.8, 4) is 17.2 Å². The Balaban J connectivity index is 1.91. The Hall–Kier alpha value is -4.27. The Morgan fingerprint density at radius 2 is 1.52 bits per heavy atom. The van der Waals surface area contributed by atoms with Gasteiger partial charge in [-0.15, -0.1) is 0 Å². The van der Waals surface area contributed by atoms with Crippen LogP contribution in [0.4, 0.5) is 0 Å².